The minimum atomic E-state index is -4.64. The first-order valence-electron chi connectivity index (χ1n) is 9.03. The van der Waals surface area contributed by atoms with Gasteiger partial charge in [-0.1, -0.05) is 11.2 Å². The smallest absolute Gasteiger partial charge is 0.455 e. The van der Waals surface area contributed by atoms with Gasteiger partial charge in [0.25, 0.3) is 11.7 Å². The van der Waals surface area contributed by atoms with Crippen molar-refractivity contribution in [3.05, 3.63) is 59.6 Å². The van der Waals surface area contributed by atoms with E-state index in [1.54, 1.807) is 17.0 Å². The van der Waals surface area contributed by atoms with Crippen molar-refractivity contribution >= 4 is 5.91 Å². The number of nitrogens with zero attached hydrogens (tertiary/aromatic N) is 4. The van der Waals surface area contributed by atoms with Crippen LogP contribution in [-0.4, -0.2) is 45.1 Å². The first kappa shape index (κ1) is 20.7. The summed E-state index contributed by atoms with van der Waals surface area (Å²) >= 11 is 0. The molecule has 0 saturated carbocycles. The number of primary amides is 1. The van der Waals surface area contributed by atoms with Crippen molar-refractivity contribution in [2.24, 2.45) is 5.73 Å². The Kier molecular flexibility index (Phi) is 5.31. The maximum absolute atomic E-state index is 13.9. The van der Waals surface area contributed by atoms with E-state index in [0.717, 1.165) is 0 Å². The number of hydrogen-bond donors (Lipinski definition) is 1. The predicted molar refractivity (Wildman–Crippen MR) is 97.1 cm³/mol. The number of aromatic nitrogens is 3. The molecular formula is C19H15F4N5O3. The van der Waals surface area contributed by atoms with Gasteiger partial charge >= 0.3 is 6.18 Å². The molecule has 2 N–H and O–H groups in total. The Morgan fingerprint density at radius 2 is 2.03 bits per heavy atom. The molecular weight excluding hydrogens is 422 g/mol. The Bertz CT molecular complexity index is 1090. The molecule has 1 aliphatic rings. The Morgan fingerprint density at radius 1 is 1.26 bits per heavy atom. The highest BCUT2D eigenvalue weighted by atomic mass is 19.4. The molecule has 12 heteroatoms. The second kappa shape index (κ2) is 7.95. The van der Waals surface area contributed by atoms with Crippen molar-refractivity contribution in [1.82, 2.24) is 20.0 Å². The van der Waals surface area contributed by atoms with Crippen LogP contribution in [0.15, 0.2) is 41.1 Å². The number of rotatable bonds is 6. The lowest BCUT2D eigenvalue weighted by Gasteiger charge is -2.37. The van der Waals surface area contributed by atoms with E-state index in [9.17, 15) is 22.4 Å². The normalized spacial score (nSPS) is 15.0. The average Bonchev–Trinajstić information content (AvgIpc) is 3.16. The fourth-order valence-electron chi connectivity index (χ4n) is 3.04. The Balaban J connectivity index is 1.30. The van der Waals surface area contributed by atoms with Crippen LogP contribution in [0.2, 0.25) is 0 Å². The van der Waals surface area contributed by atoms with E-state index in [-0.39, 0.29) is 24.1 Å². The Hall–Kier alpha value is -3.54. The predicted octanol–water partition coefficient (Wildman–Crippen LogP) is 2.65. The number of carbonyl (C=O) groups excluding carboxylic acids is 1. The third kappa shape index (κ3) is 4.63. The molecule has 1 aliphatic heterocycles. The Morgan fingerprint density at radius 3 is 2.61 bits per heavy atom. The lowest BCUT2D eigenvalue weighted by molar-refractivity contribution is -0.146. The summed E-state index contributed by atoms with van der Waals surface area (Å²) in [6.45, 7) is 1.02. The van der Waals surface area contributed by atoms with E-state index in [0.29, 0.717) is 30.1 Å². The van der Waals surface area contributed by atoms with Gasteiger partial charge < -0.3 is 15.0 Å². The number of carbonyl (C=O) groups is 1. The van der Waals surface area contributed by atoms with Crippen LogP contribution in [0.4, 0.5) is 17.6 Å². The lowest BCUT2D eigenvalue weighted by Crippen LogP contribution is -2.53. The quantitative estimate of drug-likeness (QED) is 0.591. The molecule has 0 atom stereocenters. The lowest BCUT2D eigenvalue weighted by atomic mass is 10.1. The number of pyridine rings is 1. The number of likely N-dealkylation sites (tertiary alicyclic amines) is 1. The van der Waals surface area contributed by atoms with Crippen LogP contribution < -0.4 is 10.5 Å². The van der Waals surface area contributed by atoms with Gasteiger partial charge in [0.05, 0.1) is 24.0 Å². The second-order valence-electron chi connectivity index (χ2n) is 6.88. The summed E-state index contributed by atoms with van der Waals surface area (Å²) < 4.78 is 61.7. The van der Waals surface area contributed by atoms with Crippen molar-refractivity contribution in [2.75, 3.05) is 13.1 Å². The number of hydrogen-bond acceptors (Lipinski definition) is 7. The van der Waals surface area contributed by atoms with E-state index in [4.69, 9.17) is 10.5 Å². The summed E-state index contributed by atoms with van der Waals surface area (Å²) in [4.78, 5) is 20.5. The molecule has 3 heterocycles. The highest BCUT2D eigenvalue weighted by Crippen LogP contribution is 2.27. The van der Waals surface area contributed by atoms with Crippen LogP contribution in [-0.2, 0) is 12.7 Å². The molecule has 0 unspecified atom stereocenters. The minimum absolute atomic E-state index is 0.0903. The summed E-state index contributed by atoms with van der Waals surface area (Å²) in [5.41, 5.74) is 5.84. The van der Waals surface area contributed by atoms with Gasteiger partial charge in [0, 0.05) is 18.7 Å². The van der Waals surface area contributed by atoms with Crippen molar-refractivity contribution in [1.29, 1.82) is 0 Å². The summed E-state index contributed by atoms with van der Waals surface area (Å²) in [5, 5.41) is 2.91. The van der Waals surface area contributed by atoms with Crippen LogP contribution in [0.25, 0.3) is 11.3 Å². The SMILES string of the molecule is NC(=O)c1ccc(-c2ccc(OC3CN(Cc4nc(C(F)(F)F)no4)C3)cn2)cc1F. The van der Waals surface area contributed by atoms with Crippen molar-refractivity contribution < 1.29 is 31.6 Å². The molecule has 162 valence electrons. The molecule has 1 fully saturated rings. The summed E-state index contributed by atoms with van der Waals surface area (Å²) in [5.74, 6) is -2.52. The largest absolute Gasteiger partial charge is 0.486 e. The van der Waals surface area contributed by atoms with E-state index >= 15 is 0 Å². The molecule has 1 aromatic carbocycles. The fraction of sp³-hybridized carbons (Fsp3) is 0.263. The molecule has 1 amide bonds. The van der Waals surface area contributed by atoms with E-state index < -0.39 is 23.7 Å². The third-order valence-corrected chi connectivity index (χ3v) is 4.57. The zero-order valence-electron chi connectivity index (χ0n) is 15.8. The number of alkyl halides is 3. The molecule has 0 radical (unpaired) electrons. The molecule has 4 rings (SSSR count). The second-order valence-corrected chi connectivity index (χ2v) is 6.88. The zero-order chi connectivity index (χ0) is 22.2. The monoisotopic (exact) mass is 437 g/mol. The van der Waals surface area contributed by atoms with Crippen LogP contribution in [0.1, 0.15) is 22.1 Å². The van der Waals surface area contributed by atoms with Gasteiger partial charge in [-0.05, 0) is 24.3 Å². The molecule has 0 bridgehead atoms. The van der Waals surface area contributed by atoms with Crippen LogP contribution in [0.3, 0.4) is 0 Å². The van der Waals surface area contributed by atoms with Crippen LogP contribution in [0.5, 0.6) is 5.75 Å². The molecule has 0 spiro atoms. The van der Waals surface area contributed by atoms with Gasteiger partial charge in [-0.25, -0.2) is 4.39 Å². The van der Waals surface area contributed by atoms with E-state index in [1.165, 1.54) is 24.4 Å². The van der Waals surface area contributed by atoms with E-state index in [1.807, 2.05) is 0 Å². The van der Waals surface area contributed by atoms with Crippen LogP contribution in [0, 0.1) is 5.82 Å². The van der Waals surface area contributed by atoms with E-state index in [2.05, 4.69) is 19.6 Å². The summed E-state index contributed by atoms with van der Waals surface area (Å²) in [6.07, 6.45) is -3.34. The number of halogens is 4. The fourth-order valence-corrected chi connectivity index (χ4v) is 3.04. The molecule has 8 nitrogen and oxygen atoms in total. The molecule has 2 aromatic heterocycles. The summed E-state index contributed by atoms with van der Waals surface area (Å²) in [7, 11) is 0. The molecule has 3 aromatic rings. The van der Waals surface area contributed by atoms with Gasteiger partial charge in [-0.3, -0.25) is 14.7 Å². The highest BCUT2D eigenvalue weighted by Gasteiger charge is 2.38. The first-order chi connectivity index (χ1) is 14.7. The standard InChI is InChI=1S/C19H15F4N5O3/c20-14-5-10(1-3-13(14)17(24)29)15-4-2-11(6-25-15)30-12-7-28(8-12)9-16-26-18(27-31-16)19(21,22)23/h1-6,12H,7-9H2,(H2,24,29). The third-order valence-electron chi connectivity index (χ3n) is 4.57. The Labute approximate surface area is 172 Å². The topological polar surface area (TPSA) is 107 Å². The maximum atomic E-state index is 13.9. The van der Waals surface area contributed by atoms with Gasteiger partial charge in [-0.2, -0.15) is 18.2 Å². The van der Waals surface area contributed by atoms with Gasteiger partial charge in [0.15, 0.2) is 0 Å². The molecule has 1 saturated heterocycles. The van der Waals surface area contributed by atoms with Crippen LogP contribution >= 0.6 is 0 Å². The summed E-state index contributed by atoms with van der Waals surface area (Å²) in [6, 6.07) is 7.31. The number of amides is 1. The highest BCUT2D eigenvalue weighted by molar-refractivity contribution is 5.93. The number of benzene rings is 1. The maximum Gasteiger partial charge on any atom is 0.455 e. The number of nitrogens with two attached hydrogens (primary N) is 1. The molecule has 0 aliphatic carbocycles. The number of ether oxygens (including phenoxy) is 1. The zero-order valence-corrected chi connectivity index (χ0v) is 15.8. The molecule has 31 heavy (non-hydrogen) atoms. The van der Waals surface area contributed by atoms with Crippen molar-refractivity contribution in [3.8, 4) is 17.0 Å². The first-order valence-corrected chi connectivity index (χ1v) is 9.03. The van der Waals surface area contributed by atoms with Gasteiger partial charge in [0.2, 0.25) is 5.89 Å². The average molecular weight is 437 g/mol. The van der Waals surface area contributed by atoms with Crippen molar-refractivity contribution in [2.45, 2.75) is 18.8 Å². The van der Waals surface area contributed by atoms with Gasteiger partial charge in [-0.15, -0.1) is 0 Å². The van der Waals surface area contributed by atoms with Gasteiger partial charge in [0.1, 0.15) is 17.7 Å². The van der Waals surface area contributed by atoms with Crippen molar-refractivity contribution in [3.63, 3.8) is 0 Å². The minimum Gasteiger partial charge on any atom is -0.486 e.